The van der Waals surface area contributed by atoms with Gasteiger partial charge < -0.3 is 14.0 Å². The van der Waals surface area contributed by atoms with Gasteiger partial charge in [0.25, 0.3) is 0 Å². The average molecular weight is 381 g/mol. The molecule has 0 bridgehead atoms. The lowest BCUT2D eigenvalue weighted by Crippen LogP contribution is -2.24. The number of aromatic nitrogens is 2. The minimum Gasteiger partial charge on any atom is -0.489 e. The minimum atomic E-state index is -1.30. The van der Waals surface area contributed by atoms with Crippen molar-refractivity contribution < 1.29 is 9.47 Å². The van der Waals surface area contributed by atoms with Gasteiger partial charge >= 0.3 is 0 Å². The van der Waals surface area contributed by atoms with Crippen LogP contribution in [-0.2, 0) is 18.1 Å². The lowest BCUT2D eigenvalue weighted by atomic mass is 10.1. The van der Waals surface area contributed by atoms with Crippen molar-refractivity contribution in [3.05, 3.63) is 84.4 Å². The largest absolute Gasteiger partial charge is 0.489 e. The van der Waals surface area contributed by atoms with Crippen LogP contribution >= 0.6 is 0 Å². The molecule has 0 aliphatic carbocycles. The van der Waals surface area contributed by atoms with Crippen molar-refractivity contribution in [1.82, 2.24) is 9.55 Å². The van der Waals surface area contributed by atoms with E-state index in [1.807, 2.05) is 41.1 Å². The van der Waals surface area contributed by atoms with Crippen LogP contribution in [0.25, 0.3) is 0 Å². The summed E-state index contributed by atoms with van der Waals surface area (Å²) in [7, 11) is -1.30. The molecule has 4 nitrogen and oxygen atoms in total. The Morgan fingerprint density at radius 1 is 1.04 bits per heavy atom. The Bertz CT molecular complexity index is 814. The number of hydrogen-bond donors (Lipinski definition) is 0. The van der Waals surface area contributed by atoms with E-state index in [1.54, 1.807) is 12.5 Å². The molecule has 0 saturated heterocycles. The quantitative estimate of drug-likeness (QED) is 0.459. The second-order valence-electron chi connectivity index (χ2n) is 7.97. The molecule has 2 aromatic carbocycles. The summed E-state index contributed by atoms with van der Waals surface area (Å²) in [5.41, 5.74) is 2.33. The topological polar surface area (TPSA) is 36.3 Å². The van der Waals surface area contributed by atoms with E-state index in [0.717, 1.165) is 17.4 Å². The maximum Gasteiger partial charge on any atom is 0.124 e. The fourth-order valence-corrected chi connectivity index (χ4v) is 4.38. The van der Waals surface area contributed by atoms with Gasteiger partial charge in [-0.15, -0.1) is 0 Å². The summed E-state index contributed by atoms with van der Waals surface area (Å²) in [5, 5.41) is 0. The van der Waals surface area contributed by atoms with Crippen LogP contribution in [0.2, 0.25) is 25.7 Å². The lowest BCUT2D eigenvalue weighted by molar-refractivity contribution is 0.0158. The van der Waals surface area contributed by atoms with Crippen LogP contribution in [0, 0.1) is 0 Å². The molecule has 0 radical (unpaired) electrons. The number of benzene rings is 2. The van der Waals surface area contributed by atoms with Gasteiger partial charge in [-0.25, -0.2) is 4.98 Å². The van der Waals surface area contributed by atoms with Gasteiger partial charge in [0, 0.05) is 20.5 Å². The third-order valence-electron chi connectivity index (χ3n) is 4.26. The summed E-state index contributed by atoms with van der Waals surface area (Å²) >= 11 is 0. The molecule has 0 saturated carbocycles. The minimum absolute atomic E-state index is 0.0549. The van der Waals surface area contributed by atoms with Gasteiger partial charge in [-0.05, 0) is 29.3 Å². The highest BCUT2D eigenvalue weighted by atomic mass is 28.3. The van der Waals surface area contributed by atoms with Gasteiger partial charge in [0.1, 0.15) is 19.1 Å². The Morgan fingerprint density at radius 3 is 2.56 bits per heavy atom. The van der Waals surface area contributed by atoms with E-state index in [-0.39, 0.29) is 6.10 Å². The van der Waals surface area contributed by atoms with Crippen molar-refractivity contribution in [3.8, 4) is 5.75 Å². The zero-order valence-electron chi connectivity index (χ0n) is 16.3. The van der Waals surface area contributed by atoms with E-state index < -0.39 is 8.07 Å². The molecule has 0 spiro atoms. The summed E-state index contributed by atoms with van der Waals surface area (Å²) in [6.07, 6.45) is 5.53. The molecule has 1 aromatic heterocycles. The second-order valence-corrected chi connectivity index (χ2v) is 13.5. The number of ether oxygens (including phenoxy) is 2. The zero-order valence-corrected chi connectivity index (χ0v) is 17.3. The van der Waals surface area contributed by atoms with E-state index in [4.69, 9.17) is 9.47 Å². The Kier molecular flexibility index (Phi) is 6.48. The first-order chi connectivity index (χ1) is 13.0. The first-order valence-electron chi connectivity index (χ1n) is 9.34. The molecule has 1 unspecified atom stereocenters. The van der Waals surface area contributed by atoms with Crippen molar-refractivity contribution in [2.24, 2.45) is 0 Å². The molecule has 3 aromatic rings. The SMILES string of the molecule is C[Si](C)(C)CC(OCn1ccnc1)c1cccc(OCc2ccccc2)c1. The molecule has 142 valence electrons. The van der Waals surface area contributed by atoms with Gasteiger partial charge in [0.2, 0.25) is 0 Å². The van der Waals surface area contributed by atoms with E-state index >= 15 is 0 Å². The molecule has 1 heterocycles. The van der Waals surface area contributed by atoms with Crippen molar-refractivity contribution in [2.75, 3.05) is 0 Å². The molecule has 0 aliphatic rings. The molecule has 0 N–H and O–H groups in total. The number of nitrogens with zero attached hydrogens (tertiary/aromatic N) is 2. The Balaban J connectivity index is 1.70. The molecule has 3 rings (SSSR count). The zero-order chi connectivity index (χ0) is 19.1. The van der Waals surface area contributed by atoms with Gasteiger partial charge in [0.05, 0.1) is 12.4 Å². The Labute approximate surface area is 162 Å². The van der Waals surface area contributed by atoms with Crippen LogP contribution < -0.4 is 4.74 Å². The monoisotopic (exact) mass is 380 g/mol. The number of imidazole rings is 1. The fourth-order valence-electron chi connectivity index (χ4n) is 2.91. The van der Waals surface area contributed by atoms with Crippen LogP contribution in [0.1, 0.15) is 17.2 Å². The lowest BCUT2D eigenvalue weighted by Gasteiger charge is -2.25. The first-order valence-corrected chi connectivity index (χ1v) is 13.0. The predicted octanol–water partition coefficient (Wildman–Crippen LogP) is 5.52. The highest BCUT2D eigenvalue weighted by Gasteiger charge is 2.23. The molecule has 0 fully saturated rings. The Hall–Kier alpha value is -2.37. The van der Waals surface area contributed by atoms with Gasteiger partial charge in [0.15, 0.2) is 0 Å². The summed E-state index contributed by atoms with van der Waals surface area (Å²) in [4.78, 5) is 4.09. The van der Waals surface area contributed by atoms with Crippen LogP contribution in [-0.4, -0.2) is 17.6 Å². The fraction of sp³-hybridized carbons (Fsp3) is 0.318. The molecular formula is C22H28N2O2Si. The van der Waals surface area contributed by atoms with Crippen LogP contribution in [0.4, 0.5) is 0 Å². The first kappa shape index (κ1) is 19.4. The third-order valence-corrected chi connectivity index (χ3v) is 5.86. The van der Waals surface area contributed by atoms with Gasteiger partial charge in [-0.2, -0.15) is 0 Å². The van der Waals surface area contributed by atoms with Crippen molar-refractivity contribution in [1.29, 1.82) is 0 Å². The van der Waals surface area contributed by atoms with Crippen molar-refractivity contribution in [2.45, 2.75) is 45.1 Å². The predicted molar refractivity (Wildman–Crippen MR) is 111 cm³/mol. The second kappa shape index (κ2) is 9.02. The van der Waals surface area contributed by atoms with Crippen LogP contribution in [0.5, 0.6) is 5.75 Å². The van der Waals surface area contributed by atoms with Gasteiger partial charge in [-0.1, -0.05) is 62.1 Å². The molecule has 5 heteroatoms. The van der Waals surface area contributed by atoms with Crippen LogP contribution in [0.3, 0.4) is 0 Å². The summed E-state index contributed by atoms with van der Waals surface area (Å²) in [6, 6.07) is 19.6. The summed E-state index contributed by atoms with van der Waals surface area (Å²) in [5.74, 6) is 0.878. The van der Waals surface area contributed by atoms with Gasteiger partial charge in [-0.3, -0.25) is 0 Å². The highest BCUT2D eigenvalue weighted by molar-refractivity contribution is 6.76. The van der Waals surface area contributed by atoms with Crippen LogP contribution in [0.15, 0.2) is 73.3 Å². The molecule has 0 amide bonds. The normalized spacial score (nSPS) is 12.7. The van der Waals surface area contributed by atoms with E-state index in [2.05, 4.69) is 48.9 Å². The van der Waals surface area contributed by atoms with E-state index in [1.165, 1.54) is 5.56 Å². The third kappa shape index (κ3) is 6.38. The summed E-state index contributed by atoms with van der Waals surface area (Å²) in [6.45, 7) is 8.19. The smallest absolute Gasteiger partial charge is 0.124 e. The van der Waals surface area contributed by atoms with Crippen molar-refractivity contribution in [3.63, 3.8) is 0 Å². The van der Waals surface area contributed by atoms with Crippen molar-refractivity contribution >= 4 is 8.07 Å². The number of hydrogen-bond acceptors (Lipinski definition) is 3. The molecule has 27 heavy (non-hydrogen) atoms. The number of rotatable bonds is 9. The maximum atomic E-state index is 6.27. The Morgan fingerprint density at radius 2 is 1.85 bits per heavy atom. The summed E-state index contributed by atoms with van der Waals surface area (Å²) < 4.78 is 14.2. The maximum absolute atomic E-state index is 6.27. The standard InChI is InChI=1S/C22H28N2O2Si/c1-27(2,3)16-22(26-18-24-13-12-23-17-24)20-10-7-11-21(14-20)25-15-19-8-5-4-6-9-19/h4-14,17,22H,15-16,18H2,1-3H3. The average Bonchev–Trinajstić information content (AvgIpc) is 3.17. The molecule has 1 atom stereocenters. The molecule has 0 aliphatic heterocycles. The molecular weight excluding hydrogens is 352 g/mol. The van der Waals surface area contributed by atoms with E-state index in [0.29, 0.717) is 13.3 Å². The highest BCUT2D eigenvalue weighted by Crippen LogP contribution is 2.30. The van der Waals surface area contributed by atoms with E-state index in [9.17, 15) is 0 Å².